The molecule has 0 aliphatic carbocycles. The maximum Gasteiger partial charge on any atom is 0.265 e. The SMILES string of the molecule is C[C@@H](Oc1ccc(Cl)cc1)C(=O)Nc1ccc(S(=O)(=O)Nc2cccnc2)cc1. The fourth-order valence-electron chi connectivity index (χ4n) is 2.37. The second-order valence-corrected chi connectivity index (χ2v) is 8.19. The highest BCUT2D eigenvalue weighted by atomic mass is 35.5. The van der Waals surface area contributed by atoms with Gasteiger partial charge in [0.2, 0.25) is 0 Å². The second-order valence-electron chi connectivity index (χ2n) is 6.07. The standard InChI is InChI=1S/C20H18ClN3O4S/c1-14(28-18-8-4-15(21)5-9-18)20(25)23-16-6-10-19(11-7-16)29(26,27)24-17-3-2-12-22-13-17/h2-14,24H,1H3,(H,23,25)/t14-/m1/s1. The third-order valence-electron chi connectivity index (χ3n) is 3.84. The van der Waals surface area contributed by atoms with Crippen LogP contribution in [0.15, 0.2) is 78.0 Å². The number of halogens is 1. The van der Waals surface area contributed by atoms with E-state index < -0.39 is 16.1 Å². The Hall–Kier alpha value is -3.10. The van der Waals surface area contributed by atoms with Gasteiger partial charge in [0.25, 0.3) is 15.9 Å². The van der Waals surface area contributed by atoms with Gasteiger partial charge in [-0.15, -0.1) is 0 Å². The number of carbonyl (C=O) groups is 1. The van der Waals surface area contributed by atoms with E-state index >= 15 is 0 Å². The number of pyridine rings is 1. The first kappa shape index (κ1) is 20.6. The van der Waals surface area contributed by atoms with Crippen LogP contribution in [0.3, 0.4) is 0 Å². The molecule has 0 saturated heterocycles. The molecule has 1 amide bonds. The largest absolute Gasteiger partial charge is 0.481 e. The minimum atomic E-state index is -3.76. The summed E-state index contributed by atoms with van der Waals surface area (Å²) in [5.74, 6) is 0.143. The van der Waals surface area contributed by atoms with Crippen LogP contribution < -0.4 is 14.8 Å². The summed E-state index contributed by atoms with van der Waals surface area (Å²) in [7, 11) is -3.76. The number of amides is 1. The third-order valence-corrected chi connectivity index (χ3v) is 5.49. The van der Waals surface area contributed by atoms with Crippen molar-refractivity contribution in [2.45, 2.75) is 17.9 Å². The van der Waals surface area contributed by atoms with Crippen molar-refractivity contribution >= 4 is 38.9 Å². The van der Waals surface area contributed by atoms with Gasteiger partial charge >= 0.3 is 0 Å². The van der Waals surface area contributed by atoms with Crippen LogP contribution in [0.5, 0.6) is 5.75 Å². The first-order valence-electron chi connectivity index (χ1n) is 8.59. The van der Waals surface area contributed by atoms with Crippen molar-refractivity contribution in [3.8, 4) is 5.75 Å². The fraction of sp³-hybridized carbons (Fsp3) is 0.100. The Labute approximate surface area is 173 Å². The zero-order valence-electron chi connectivity index (χ0n) is 15.4. The van der Waals surface area contributed by atoms with Crippen LogP contribution >= 0.6 is 11.6 Å². The molecule has 7 nitrogen and oxygen atoms in total. The first-order chi connectivity index (χ1) is 13.8. The molecule has 0 radical (unpaired) electrons. The normalized spacial score (nSPS) is 12.1. The summed E-state index contributed by atoms with van der Waals surface area (Å²) >= 11 is 5.82. The summed E-state index contributed by atoms with van der Waals surface area (Å²) in [6.45, 7) is 1.61. The van der Waals surface area contributed by atoms with Crippen molar-refractivity contribution in [3.05, 3.63) is 78.1 Å². The van der Waals surface area contributed by atoms with E-state index in [1.807, 2.05) is 0 Å². The molecule has 0 bridgehead atoms. The topological polar surface area (TPSA) is 97.4 Å². The molecular formula is C20H18ClN3O4S. The van der Waals surface area contributed by atoms with Crippen molar-refractivity contribution < 1.29 is 17.9 Å². The van der Waals surface area contributed by atoms with E-state index in [1.165, 1.54) is 30.5 Å². The Morgan fingerprint density at radius 2 is 1.72 bits per heavy atom. The van der Waals surface area contributed by atoms with Crippen LogP contribution in [0.25, 0.3) is 0 Å². The lowest BCUT2D eigenvalue weighted by molar-refractivity contribution is -0.122. The summed E-state index contributed by atoms with van der Waals surface area (Å²) in [5, 5.41) is 3.26. The van der Waals surface area contributed by atoms with Gasteiger partial charge in [0, 0.05) is 16.9 Å². The molecule has 2 N–H and O–H groups in total. The molecule has 0 aliphatic rings. The van der Waals surface area contributed by atoms with Gasteiger partial charge in [-0.1, -0.05) is 11.6 Å². The lowest BCUT2D eigenvalue weighted by atomic mass is 10.3. The van der Waals surface area contributed by atoms with Gasteiger partial charge in [-0.25, -0.2) is 8.42 Å². The Bertz CT molecular complexity index is 1070. The number of carbonyl (C=O) groups excluding carboxylic acids is 1. The highest BCUT2D eigenvalue weighted by Gasteiger charge is 2.17. The number of anilines is 2. The molecule has 0 unspecified atom stereocenters. The number of ether oxygens (including phenoxy) is 1. The molecule has 0 spiro atoms. The molecule has 2 aromatic carbocycles. The summed E-state index contributed by atoms with van der Waals surface area (Å²) in [6, 6.07) is 15.7. The molecule has 0 saturated carbocycles. The quantitative estimate of drug-likeness (QED) is 0.590. The Balaban J connectivity index is 1.62. The van der Waals surface area contributed by atoms with Crippen molar-refractivity contribution in [1.82, 2.24) is 4.98 Å². The minimum absolute atomic E-state index is 0.0600. The molecule has 0 fully saturated rings. The van der Waals surface area contributed by atoms with Gasteiger partial charge in [-0.2, -0.15) is 0 Å². The highest BCUT2D eigenvalue weighted by Crippen LogP contribution is 2.19. The first-order valence-corrected chi connectivity index (χ1v) is 10.5. The van der Waals surface area contributed by atoms with E-state index in [9.17, 15) is 13.2 Å². The molecule has 3 rings (SSSR count). The number of benzene rings is 2. The van der Waals surface area contributed by atoms with E-state index in [4.69, 9.17) is 16.3 Å². The zero-order valence-corrected chi connectivity index (χ0v) is 16.9. The van der Waals surface area contributed by atoms with E-state index in [0.29, 0.717) is 22.1 Å². The van der Waals surface area contributed by atoms with Gasteiger partial charge < -0.3 is 10.1 Å². The number of aromatic nitrogens is 1. The minimum Gasteiger partial charge on any atom is -0.481 e. The van der Waals surface area contributed by atoms with Gasteiger partial charge in [0.15, 0.2) is 6.10 Å². The van der Waals surface area contributed by atoms with Crippen LogP contribution in [0.4, 0.5) is 11.4 Å². The second kappa shape index (κ2) is 8.93. The van der Waals surface area contributed by atoms with Crippen LogP contribution in [0.2, 0.25) is 5.02 Å². The predicted molar refractivity (Wildman–Crippen MR) is 112 cm³/mol. The lowest BCUT2D eigenvalue weighted by Gasteiger charge is -2.15. The highest BCUT2D eigenvalue weighted by molar-refractivity contribution is 7.92. The van der Waals surface area contributed by atoms with E-state index in [0.717, 1.165) is 0 Å². The summed E-state index contributed by atoms with van der Waals surface area (Å²) in [4.78, 5) is 16.2. The number of nitrogens with zero attached hydrogens (tertiary/aromatic N) is 1. The molecule has 9 heteroatoms. The van der Waals surface area contributed by atoms with E-state index in [-0.39, 0.29) is 10.8 Å². The van der Waals surface area contributed by atoms with Gasteiger partial charge in [0.05, 0.1) is 16.8 Å². The zero-order chi connectivity index (χ0) is 20.9. The van der Waals surface area contributed by atoms with Crippen molar-refractivity contribution in [2.24, 2.45) is 0 Å². The summed E-state index contributed by atoms with van der Waals surface area (Å²) < 4.78 is 32.8. The summed E-state index contributed by atoms with van der Waals surface area (Å²) in [6.07, 6.45) is 2.20. The fourth-order valence-corrected chi connectivity index (χ4v) is 3.54. The van der Waals surface area contributed by atoms with Gasteiger partial charge in [-0.05, 0) is 67.6 Å². The number of sulfonamides is 1. The van der Waals surface area contributed by atoms with Crippen LogP contribution in [0, 0.1) is 0 Å². The number of nitrogens with one attached hydrogen (secondary N) is 2. The maximum absolute atomic E-state index is 12.4. The third kappa shape index (κ3) is 5.69. The van der Waals surface area contributed by atoms with Crippen LogP contribution in [-0.4, -0.2) is 25.4 Å². The predicted octanol–water partition coefficient (Wildman–Crippen LogP) is 3.94. The van der Waals surface area contributed by atoms with Crippen molar-refractivity contribution in [2.75, 3.05) is 10.0 Å². The molecule has 0 aliphatic heterocycles. The Kier molecular flexibility index (Phi) is 6.36. The number of rotatable bonds is 7. The Morgan fingerprint density at radius 1 is 1.03 bits per heavy atom. The molecule has 150 valence electrons. The smallest absolute Gasteiger partial charge is 0.265 e. The summed E-state index contributed by atoms with van der Waals surface area (Å²) in [5.41, 5.74) is 0.805. The monoisotopic (exact) mass is 431 g/mol. The molecule has 1 aromatic heterocycles. The van der Waals surface area contributed by atoms with Gasteiger partial charge in [-0.3, -0.25) is 14.5 Å². The van der Waals surface area contributed by atoms with E-state index in [1.54, 1.807) is 49.5 Å². The van der Waals surface area contributed by atoms with Crippen LogP contribution in [-0.2, 0) is 14.8 Å². The molecular weight excluding hydrogens is 414 g/mol. The average Bonchev–Trinajstić information content (AvgIpc) is 2.70. The molecule has 1 heterocycles. The lowest BCUT2D eigenvalue weighted by Crippen LogP contribution is -2.30. The number of hydrogen-bond acceptors (Lipinski definition) is 5. The molecule has 3 aromatic rings. The van der Waals surface area contributed by atoms with Gasteiger partial charge in [0.1, 0.15) is 5.75 Å². The van der Waals surface area contributed by atoms with Crippen LogP contribution in [0.1, 0.15) is 6.92 Å². The van der Waals surface area contributed by atoms with Crippen molar-refractivity contribution in [1.29, 1.82) is 0 Å². The number of hydrogen-bond donors (Lipinski definition) is 2. The molecule has 1 atom stereocenters. The van der Waals surface area contributed by atoms with E-state index in [2.05, 4.69) is 15.0 Å². The van der Waals surface area contributed by atoms with Crippen molar-refractivity contribution in [3.63, 3.8) is 0 Å². The molecule has 29 heavy (non-hydrogen) atoms. The Morgan fingerprint density at radius 3 is 2.34 bits per heavy atom. The average molecular weight is 432 g/mol. The maximum atomic E-state index is 12.4.